The largest absolute Gasteiger partial charge is 0.448 e. The third-order valence-electron chi connectivity index (χ3n) is 4.00. The first-order valence-corrected chi connectivity index (χ1v) is 7.15. The summed E-state index contributed by atoms with van der Waals surface area (Å²) in [5.74, 6) is 1.72. The van der Waals surface area contributed by atoms with Crippen LogP contribution in [0, 0.1) is 10.1 Å². The minimum absolute atomic E-state index is 0.0929. The standard InChI is InChI=1S/C15H17N3O3/c1-17-10-2-9-16-15(17)14-8-7-13(21-14)11-3-5-12(6-4-11)18(19)20/h3-8,15-16H,2,9-10H2,1H3/p+2/t15-/m0/s1. The molecule has 1 aliphatic rings. The van der Waals surface area contributed by atoms with Crippen molar-refractivity contribution in [3.05, 3.63) is 52.3 Å². The molecule has 1 aliphatic heterocycles. The molecule has 1 aromatic heterocycles. The molecule has 1 unspecified atom stereocenters. The number of hydrogen-bond acceptors (Lipinski definition) is 3. The van der Waals surface area contributed by atoms with E-state index in [0.29, 0.717) is 6.17 Å². The molecule has 0 radical (unpaired) electrons. The zero-order valence-corrected chi connectivity index (χ0v) is 11.9. The summed E-state index contributed by atoms with van der Waals surface area (Å²) in [5, 5.41) is 13.0. The minimum atomic E-state index is -0.396. The Labute approximate surface area is 122 Å². The average molecular weight is 289 g/mol. The molecule has 1 saturated heterocycles. The molecule has 2 heterocycles. The Bertz CT molecular complexity index is 636. The Morgan fingerprint density at radius 3 is 2.71 bits per heavy atom. The van der Waals surface area contributed by atoms with Crippen LogP contribution in [0.5, 0.6) is 0 Å². The van der Waals surface area contributed by atoms with Gasteiger partial charge in [0.2, 0.25) is 5.76 Å². The van der Waals surface area contributed by atoms with Gasteiger partial charge in [0.05, 0.1) is 25.1 Å². The molecule has 0 spiro atoms. The maximum atomic E-state index is 10.7. The van der Waals surface area contributed by atoms with E-state index < -0.39 is 4.92 Å². The lowest BCUT2D eigenvalue weighted by molar-refractivity contribution is -1.05. The Kier molecular flexibility index (Phi) is 3.72. The summed E-state index contributed by atoms with van der Waals surface area (Å²) in [6.07, 6.45) is 1.52. The van der Waals surface area contributed by atoms with Gasteiger partial charge in [-0.25, -0.2) is 0 Å². The molecule has 0 bridgehead atoms. The average Bonchev–Trinajstić information content (AvgIpc) is 2.97. The monoisotopic (exact) mass is 289 g/mol. The Morgan fingerprint density at radius 1 is 1.29 bits per heavy atom. The Morgan fingerprint density at radius 2 is 2.05 bits per heavy atom. The minimum Gasteiger partial charge on any atom is -0.448 e. The number of quaternary nitrogens is 2. The van der Waals surface area contributed by atoms with Crippen LogP contribution < -0.4 is 10.2 Å². The quantitative estimate of drug-likeness (QED) is 0.631. The highest BCUT2D eigenvalue weighted by molar-refractivity contribution is 5.59. The number of nitrogens with one attached hydrogen (secondary N) is 1. The predicted octanol–water partition coefficient (Wildman–Crippen LogP) is 0.335. The van der Waals surface area contributed by atoms with Crippen molar-refractivity contribution in [1.82, 2.24) is 0 Å². The summed E-state index contributed by atoms with van der Waals surface area (Å²) in [7, 11) is 2.17. The van der Waals surface area contributed by atoms with Gasteiger partial charge in [0.1, 0.15) is 5.76 Å². The Balaban J connectivity index is 1.82. The molecule has 3 rings (SSSR count). The van der Waals surface area contributed by atoms with E-state index in [0.717, 1.165) is 30.2 Å². The molecule has 0 saturated carbocycles. The van der Waals surface area contributed by atoms with Gasteiger partial charge in [-0.1, -0.05) is 0 Å². The van der Waals surface area contributed by atoms with Crippen molar-refractivity contribution in [1.29, 1.82) is 0 Å². The molecular formula is C15H19N3O3+2. The summed E-state index contributed by atoms with van der Waals surface area (Å²) in [4.78, 5) is 11.7. The van der Waals surface area contributed by atoms with Gasteiger partial charge >= 0.3 is 0 Å². The van der Waals surface area contributed by atoms with E-state index >= 15 is 0 Å². The molecule has 21 heavy (non-hydrogen) atoms. The molecule has 0 amide bonds. The van der Waals surface area contributed by atoms with Gasteiger partial charge in [0.25, 0.3) is 11.9 Å². The summed E-state index contributed by atoms with van der Waals surface area (Å²) in [5.41, 5.74) is 0.954. The lowest BCUT2D eigenvalue weighted by atomic mass is 10.1. The number of nitro groups is 1. The van der Waals surface area contributed by atoms with Crippen molar-refractivity contribution in [3.63, 3.8) is 0 Å². The van der Waals surface area contributed by atoms with E-state index in [-0.39, 0.29) is 5.69 Å². The molecule has 6 heteroatoms. The summed E-state index contributed by atoms with van der Waals surface area (Å²) in [6.45, 7) is 2.27. The number of nitrogens with zero attached hydrogens (tertiary/aromatic N) is 1. The van der Waals surface area contributed by atoms with Crippen molar-refractivity contribution in [2.24, 2.45) is 0 Å². The van der Waals surface area contributed by atoms with Crippen molar-refractivity contribution in [2.75, 3.05) is 20.1 Å². The van der Waals surface area contributed by atoms with E-state index in [9.17, 15) is 10.1 Å². The van der Waals surface area contributed by atoms with Crippen molar-refractivity contribution >= 4 is 5.69 Å². The zero-order chi connectivity index (χ0) is 14.8. The van der Waals surface area contributed by atoms with Crippen molar-refractivity contribution in [3.8, 4) is 11.3 Å². The number of nitro benzene ring substituents is 1. The first kappa shape index (κ1) is 13.8. The van der Waals surface area contributed by atoms with Crippen LogP contribution in [0.15, 0.2) is 40.8 Å². The lowest BCUT2D eigenvalue weighted by Crippen LogP contribution is -3.23. The van der Waals surface area contributed by atoms with Gasteiger partial charge in [0.15, 0.2) is 0 Å². The van der Waals surface area contributed by atoms with Crippen LogP contribution in [0.1, 0.15) is 18.3 Å². The van der Waals surface area contributed by atoms with Crippen LogP contribution in [0.25, 0.3) is 11.3 Å². The van der Waals surface area contributed by atoms with Gasteiger partial charge in [-0.05, 0) is 24.3 Å². The van der Waals surface area contributed by atoms with E-state index in [1.165, 1.54) is 23.5 Å². The zero-order valence-electron chi connectivity index (χ0n) is 11.9. The van der Waals surface area contributed by atoms with E-state index in [1.807, 2.05) is 12.1 Å². The van der Waals surface area contributed by atoms with E-state index in [1.54, 1.807) is 12.1 Å². The molecular weight excluding hydrogens is 270 g/mol. The van der Waals surface area contributed by atoms with Crippen LogP contribution in [-0.2, 0) is 0 Å². The van der Waals surface area contributed by atoms with Crippen LogP contribution in [0.4, 0.5) is 5.69 Å². The van der Waals surface area contributed by atoms with E-state index in [4.69, 9.17) is 4.42 Å². The van der Waals surface area contributed by atoms with Gasteiger partial charge in [-0.2, -0.15) is 0 Å². The highest BCUT2D eigenvalue weighted by Gasteiger charge is 2.30. The molecule has 2 atom stereocenters. The van der Waals surface area contributed by atoms with E-state index in [2.05, 4.69) is 12.4 Å². The smallest absolute Gasteiger partial charge is 0.271 e. The van der Waals surface area contributed by atoms with Crippen LogP contribution in [0.2, 0.25) is 0 Å². The van der Waals surface area contributed by atoms with Gasteiger partial charge in [-0.15, -0.1) is 0 Å². The van der Waals surface area contributed by atoms with Crippen LogP contribution in [-0.4, -0.2) is 25.1 Å². The maximum absolute atomic E-state index is 10.7. The molecule has 1 fully saturated rings. The normalized spacial score (nSPS) is 22.1. The molecule has 6 nitrogen and oxygen atoms in total. The van der Waals surface area contributed by atoms with Gasteiger partial charge in [-0.3, -0.25) is 20.3 Å². The van der Waals surface area contributed by atoms with Crippen LogP contribution in [0.3, 0.4) is 0 Å². The third kappa shape index (κ3) is 2.81. The predicted molar refractivity (Wildman–Crippen MR) is 76.7 cm³/mol. The lowest BCUT2D eigenvalue weighted by Gasteiger charge is -2.25. The first-order valence-electron chi connectivity index (χ1n) is 7.15. The number of nitrogens with two attached hydrogens (primary N) is 1. The van der Waals surface area contributed by atoms with Crippen LogP contribution >= 0.6 is 0 Å². The summed E-state index contributed by atoms with van der Waals surface area (Å²) in [6, 6.07) is 10.4. The Hall–Kier alpha value is -2.18. The molecule has 2 aromatic rings. The third-order valence-corrected chi connectivity index (χ3v) is 4.00. The molecule has 0 aliphatic carbocycles. The molecule has 1 aromatic carbocycles. The summed E-state index contributed by atoms with van der Waals surface area (Å²) < 4.78 is 5.96. The number of furan rings is 1. The van der Waals surface area contributed by atoms with Gasteiger partial charge in [0, 0.05) is 24.1 Å². The number of hydrogen-bond donors (Lipinski definition) is 2. The SMILES string of the molecule is C[NH+]1CCC[NH2+][C@@H]1c1ccc(-c2ccc([N+](=O)[O-])cc2)o1. The van der Waals surface area contributed by atoms with Crippen molar-refractivity contribution in [2.45, 2.75) is 12.6 Å². The van der Waals surface area contributed by atoms with Crippen molar-refractivity contribution < 1.29 is 19.6 Å². The molecule has 110 valence electrons. The fourth-order valence-corrected chi connectivity index (χ4v) is 2.80. The maximum Gasteiger partial charge on any atom is 0.271 e. The topological polar surface area (TPSA) is 77.3 Å². The second-order valence-corrected chi connectivity index (χ2v) is 5.46. The highest BCUT2D eigenvalue weighted by atomic mass is 16.6. The number of benzene rings is 1. The fourth-order valence-electron chi connectivity index (χ4n) is 2.80. The first-order chi connectivity index (χ1) is 10.1. The second-order valence-electron chi connectivity index (χ2n) is 5.46. The van der Waals surface area contributed by atoms with Gasteiger partial charge < -0.3 is 4.42 Å². The highest BCUT2D eigenvalue weighted by Crippen LogP contribution is 2.25. The number of rotatable bonds is 3. The fraction of sp³-hybridized carbons (Fsp3) is 0.333. The second kappa shape index (κ2) is 5.67. The molecule has 3 N–H and O–H groups in total. The summed E-state index contributed by atoms with van der Waals surface area (Å²) >= 11 is 0. The number of non-ortho nitro benzene ring substituents is 1.